The van der Waals surface area contributed by atoms with Gasteiger partial charge < -0.3 is 10.1 Å². The average molecular weight is 380 g/mol. The summed E-state index contributed by atoms with van der Waals surface area (Å²) in [6.45, 7) is 3.51. The number of rotatable bonds is 6. The highest BCUT2D eigenvalue weighted by molar-refractivity contribution is 6.05. The third-order valence-corrected chi connectivity index (χ3v) is 4.46. The van der Waals surface area contributed by atoms with Crippen molar-refractivity contribution in [3.05, 3.63) is 81.2 Å². The number of benzene rings is 2. The maximum absolute atomic E-state index is 12.8. The van der Waals surface area contributed by atoms with Gasteiger partial charge in [-0.15, -0.1) is 0 Å². The first-order valence-corrected chi connectivity index (χ1v) is 8.62. The van der Waals surface area contributed by atoms with Gasteiger partial charge in [0.15, 0.2) is 0 Å². The molecular formula is C20H20N4O4. The first kappa shape index (κ1) is 19.1. The molecule has 1 amide bonds. The van der Waals surface area contributed by atoms with Gasteiger partial charge in [0.25, 0.3) is 5.91 Å². The number of hydrogen-bond donors (Lipinski definition) is 1. The van der Waals surface area contributed by atoms with Gasteiger partial charge in [0.1, 0.15) is 17.1 Å². The zero-order valence-electron chi connectivity index (χ0n) is 15.8. The molecule has 0 atom stereocenters. The number of nitrogens with one attached hydrogen (secondary N) is 1. The van der Waals surface area contributed by atoms with Crippen molar-refractivity contribution < 1.29 is 14.5 Å². The molecule has 3 aromatic rings. The number of anilines is 1. The summed E-state index contributed by atoms with van der Waals surface area (Å²) in [5.74, 6) is 0.432. The third-order valence-electron chi connectivity index (χ3n) is 4.46. The van der Waals surface area contributed by atoms with E-state index < -0.39 is 4.92 Å². The second-order valence-corrected chi connectivity index (χ2v) is 6.27. The van der Waals surface area contributed by atoms with E-state index in [1.165, 1.54) is 0 Å². The van der Waals surface area contributed by atoms with Gasteiger partial charge in [-0.1, -0.05) is 18.2 Å². The van der Waals surface area contributed by atoms with E-state index in [-0.39, 0.29) is 18.1 Å². The van der Waals surface area contributed by atoms with Crippen molar-refractivity contribution in [1.82, 2.24) is 9.78 Å². The van der Waals surface area contributed by atoms with Gasteiger partial charge >= 0.3 is 5.69 Å². The molecule has 0 aliphatic rings. The van der Waals surface area contributed by atoms with Crippen LogP contribution in [0.2, 0.25) is 0 Å². The van der Waals surface area contributed by atoms with Crippen molar-refractivity contribution in [2.24, 2.45) is 0 Å². The number of carbonyl (C=O) groups excluding carboxylic acids is 1. The quantitative estimate of drug-likeness (QED) is 0.519. The maximum atomic E-state index is 12.8. The normalized spacial score (nSPS) is 10.5. The maximum Gasteiger partial charge on any atom is 0.312 e. The Balaban J connectivity index is 1.86. The predicted octanol–water partition coefficient (Wildman–Crippen LogP) is 3.72. The van der Waals surface area contributed by atoms with Crippen LogP contribution in [0.4, 0.5) is 11.4 Å². The van der Waals surface area contributed by atoms with Gasteiger partial charge in [-0.3, -0.25) is 19.6 Å². The summed E-state index contributed by atoms with van der Waals surface area (Å²) in [7, 11) is 1.58. The Morgan fingerprint density at radius 2 is 1.86 bits per heavy atom. The van der Waals surface area contributed by atoms with Crippen LogP contribution in [0.3, 0.4) is 0 Å². The molecule has 0 fully saturated rings. The fourth-order valence-electron chi connectivity index (χ4n) is 3.02. The molecule has 0 aliphatic carbocycles. The molecule has 0 radical (unpaired) electrons. The topological polar surface area (TPSA) is 99.3 Å². The van der Waals surface area contributed by atoms with Crippen molar-refractivity contribution in [3.8, 4) is 5.75 Å². The molecule has 2 aromatic carbocycles. The highest BCUT2D eigenvalue weighted by Crippen LogP contribution is 2.23. The second-order valence-electron chi connectivity index (χ2n) is 6.27. The molecular weight excluding hydrogens is 360 g/mol. The zero-order chi connectivity index (χ0) is 20.3. The first-order valence-electron chi connectivity index (χ1n) is 8.62. The molecule has 8 nitrogen and oxygen atoms in total. The smallest absolute Gasteiger partial charge is 0.312 e. The number of nitro groups is 1. The molecule has 3 rings (SSSR count). The summed E-state index contributed by atoms with van der Waals surface area (Å²) >= 11 is 0. The van der Waals surface area contributed by atoms with E-state index in [4.69, 9.17) is 4.74 Å². The molecule has 28 heavy (non-hydrogen) atoms. The summed E-state index contributed by atoms with van der Waals surface area (Å²) < 4.78 is 6.66. The van der Waals surface area contributed by atoms with Crippen LogP contribution in [0.15, 0.2) is 48.5 Å². The highest BCUT2D eigenvalue weighted by Gasteiger charge is 2.22. The van der Waals surface area contributed by atoms with Crippen LogP contribution in [0.1, 0.15) is 27.3 Å². The molecule has 144 valence electrons. The number of nitrogens with zero attached hydrogens (tertiary/aromatic N) is 3. The van der Waals surface area contributed by atoms with E-state index in [0.29, 0.717) is 34.0 Å². The van der Waals surface area contributed by atoms with Gasteiger partial charge in [-0.2, -0.15) is 5.10 Å². The summed E-state index contributed by atoms with van der Waals surface area (Å²) in [6, 6.07) is 14.1. The lowest BCUT2D eigenvalue weighted by Gasteiger charge is -2.11. The number of aromatic nitrogens is 2. The van der Waals surface area contributed by atoms with Crippen molar-refractivity contribution in [3.63, 3.8) is 0 Å². The predicted molar refractivity (Wildman–Crippen MR) is 105 cm³/mol. The van der Waals surface area contributed by atoms with Crippen LogP contribution in [0.25, 0.3) is 0 Å². The Morgan fingerprint density at radius 3 is 2.46 bits per heavy atom. The molecule has 0 spiro atoms. The van der Waals surface area contributed by atoms with E-state index in [0.717, 1.165) is 0 Å². The molecule has 1 aromatic heterocycles. The third kappa shape index (κ3) is 3.85. The van der Waals surface area contributed by atoms with Crippen LogP contribution < -0.4 is 10.1 Å². The van der Waals surface area contributed by atoms with Crippen molar-refractivity contribution in [2.45, 2.75) is 20.4 Å². The molecule has 0 bridgehead atoms. The van der Waals surface area contributed by atoms with E-state index in [1.807, 2.05) is 12.1 Å². The van der Waals surface area contributed by atoms with Crippen LogP contribution in [-0.4, -0.2) is 27.7 Å². The van der Waals surface area contributed by atoms with Crippen LogP contribution in [0, 0.1) is 24.0 Å². The van der Waals surface area contributed by atoms with E-state index in [1.54, 1.807) is 62.0 Å². The summed E-state index contributed by atoms with van der Waals surface area (Å²) in [6.07, 6.45) is 0. The highest BCUT2D eigenvalue weighted by atomic mass is 16.6. The monoisotopic (exact) mass is 380 g/mol. The fourth-order valence-corrected chi connectivity index (χ4v) is 3.02. The Morgan fingerprint density at radius 1 is 1.18 bits per heavy atom. The number of ether oxygens (including phenoxy) is 1. The average Bonchev–Trinajstić information content (AvgIpc) is 2.96. The molecule has 0 aliphatic heterocycles. The molecule has 0 saturated carbocycles. The lowest BCUT2D eigenvalue weighted by atomic mass is 10.1. The Labute approximate surface area is 161 Å². The minimum Gasteiger partial charge on any atom is -0.497 e. The van der Waals surface area contributed by atoms with Gasteiger partial charge in [0.05, 0.1) is 18.6 Å². The number of amides is 1. The lowest BCUT2D eigenvalue weighted by Crippen LogP contribution is -2.16. The number of aryl methyl sites for hydroxylation is 1. The summed E-state index contributed by atoms with van der Waals surface area (Å²) in [4.78, 5) is 23.5. The second kappa shape index (κ2) is 7.91. The van der Waals surface area contributed by atoms with Crippen molar-refractivity contribution in [1.29, 1.82) is 0 Å². The molecule has 0 unspecified atom stereocenters. The Bertz CT molecular complexity index is 1030. The standard InChI is InChI=1S/C20H20N4O4/c1-13-19(24(26)27)14(2)23(22-13)12-15-6-4-5-7-18(15)20(25)21-16-8-10-17(28-3)11-9-16/h4-11H,12H2,1-3H3,(H,21,25). The number of carbonyl (C=O) groups is 1. The number of hydrogen-bond acceptors (Lipinski definition) is 5. The first-order chi connectivity index (χ1) is 13.4. The van der Waals surface area contributed by atoms with Crippen LogP contribution >= 0.6 is 0 Å². The molecule has 0 saturated heterocycles. The SMILES string of the molecule is COc1ccc(NC(=O)c2ccccc2Cn2nc(C)c([N+](=O)[O-])c2C)cc1. The van der Waals surface area contributed by atoms with Gasteiger partial charge in [0, 0.05) is 11.3 Å². The van der Waals surface area contributed by atoms with Crippen molar-refractivity contribution in [2.75, 3.05) is 12.4 Å². The Kier molecular flexibility index (Phi) is 5.39. The van der Waals surface area contributed by atoms with Crippen molar-refractivity contribution >= 4 is 17.3 Å². The van der Waals surface area contributed by atoms with E-state index in [2.05, 4.69) is 10.4 Å². The van der Waals surface area contributed by atoms with Gasteiger partial charge in [-0.05, 0) is 49.7 Å². The number of methoxy groups -OCH3 is 1. The Hall–Kier alpha value is -3.68. The molecule has 8 heteroatoms. The molecule has 1 N–H and O–H groups in total. The summed E-state index contributed by atoms with van der Waals surface area (Å²) in [5, 5.41) is 18.3. The van der Waals surface area contributed by atoms with Gasteiger partial charge in [-0.25, -0.2) is 0 Å². The summed E-state index contributed by atoms with van der Waals surface area (Å²) in [5.41, 5.74) is 2.64. The van der Waals surface area contributed by atoms with E-state index >= 15 is 0 Å². The molecule has 1 heterocycles. The fraction of sp³-hybridized carbons (Fsp3) is 0.200. The lowest BCUT2D eigenvalue weighted by molar-refractivity contribution is -0.386. The van der Waals surface area contributed by atoms with Crippen LogP contribution in [0.5, 0.6) is 5.75 Å². The van der Waals surface area contributed by atoms with Gasteiger partial charge in [0.2, 0.25) is 0 Å². The zero-order valence-corrected chi connectivity index (χ0v) is 15.8. The van der Waals surface area contributed by atoms with Crippen LogP contribution in [-0.2, 0) is 6.54 Å². The minimum atomic E-state index is -0.434. The minimum absolute atomic E-state index is 0.000153. The largest absolute Gasteiger partial charge is 0.497 e. The van der Waals surface area contributed by atoms with E-state index in [9.17, 15) is 14.9 Å².